The first-order valence-electron chi connectivity index (χ1n) is 7.74. The highest BCUT2D eigenvalue weighted by Gasteiger charge is 2.17. The monoisotopic (exact) mass is 317 g/mol. The Hall–Kier alpha value is -2.28. The van der Waals surface area contributed by atoms with Crippen molar-refractivity contribution in [1.82, 2.24) is 25.5 Å². The summed E-state index contributed by atoms with van der Waals surface area (Å²) in [6.45, 7) is 6.07. The zero-order valence-electron chi connectivity index (χ0n) is 13.7. The predicted molar refractivity (Wildman–Crippen MR) is 86.5 cm³/mol. The number of tetrazole rings is 1. The highest BCUT2D eigenvalue weighted by atomic mass is 16.3. The summed E-state index contributed by atoms with van der Waals surface area (Å²) in [4.78, 5) is 13.3. The number of nitrogens with zero attached hydrogens (tertiary/aromatic N) is 4. The zero-order chi connectivity index (χ0) is 16.8. The molecule has 23 heavy (non-hydrogen) atoms. The summed E-state index contributed by atoms with van der Waals surface area (Å²) in [5, 5.41) is 24.1. The fourth-order valence-corrected chi connectivity index (χ4v) is 2.22. The number of rotatable bonds is 7. The molecule has 0 fully saturated rings. The van der Waals surface area contributed by atoms with Gasteiger partial charge in [0.25, 0.3) is 0 Å². The van der Waals surface area contributed by atoms with Crippen molar-refractivity contribution in [2.24, 2.45) is 5.92 Å². The summed E-state index contributed by atoms with van der Waals surface area (Å²) in [5.74, 6) is 0.552. The molecule has 0 saturated heterocycles. The van der Waals surface area contributed by atoms with Gasteiger partial charge >= 0.3 is 0 Å². The number of aromatic nitrogens is 4. The SMILES string of the molecule is Cc1ccc(-c2nnn(CC(=O)NC(CCO)C(C)C)n2)cc1. The number of hydrogen-bond donors (Lipinski definition) is 2. The normalized spacial score (nSPS) is 12.4. The Balaban J connectivity index is 1.98. The molecule has 2 rings (SSSR count). The zero-order valence-corrected chi connectivity index (χ0v) is 13.7. The number of hydrogen-bond acceptors (Lipinski definition) is 5. The molecule has 2 N–H and O–H groups in total. The van der Waals surface area contributed by atoms with E-state index in [1.165, 1.54) is 4.80 Å². The minimum Gasteiger partial charge on any atom is -0.396 e. The van der Waals surface area contributed by atoms with Crippen LogP contribution >= 0.6 is 0 Å². The van der Waals surface area contributed by atoms with Crippen molar-refractivity contribution < 1.29 is 9.90 Å². The van der Waals surface area contributed by atoms with E-state index in [9.17, 15) is 4.79 Å². The number of nitrogens with one attached hydrogen (secondary N) is 1. The van der Waals surface area contributed by atoms with Crippen molar-refractivity contribution in [2.75, 3.05) is 6.61 Å². The van der Waals surface area contributed by atoms with Crippen molar-refractivity contribution in [1.29, 1.82) is 0 Å². The van der Waals surface area contributed by atoms with Gasteiger partial charge in [-0.15, -0.1) is 10.2 Å². The van der Waals surface area contributed by atoms with E-state index in [1.54, 1.807) is 0 Å². The minimum atomic E-state index is -0.190. The van der Waals surface area contributed by atoms with Crippen molar-refractivity contribution in [2.45, 2.75) is 39.8 Å². The highest BCUT2D eigenvalue weighted by Crippen LogP contribution is 2.13. The van der Waals surface area contributed by atoms with Gasteiger partial charge in [-0.2, -0.15) is 4.80 Å². The molecule has 0 aliphatic heterocycles. The Morgan fingerprint density at radius 1 is 1.30 bits per heavy atom. The van der Waals surface area contributed by atoms with Crippen molar-refractivity contribution in [3.8, 4) is 11.4 Å². The van der Waals surface area contributed by atoms with Gasteiger partial charge in [-0.05, 0) is 24.5 Å². The quantitative estimate of drug-likeness (QED) is 0.799. The second-order valence-electron chi connectivity index (χ2n) is 5.94. The second-order valence-corrected chi connectivity index (χ2v) is 5.94. The standard InChI is InChI=1S/C16H23N5O2/c1-11(2)14(8-9-22)17-15(23)10-21-19-16(18-20-21)13-6-4-12(3)5-7-13/h4-7,11,14,22H,8-10H2,1-3H3,(H,17,23). The van der Waals surface area contributed by atoms with E-state index >= 15 is 0 Å². The number of benzene rings is 1. The molecule has 0 saturated carbocycles. The maximum absolute atomic E-state index is 12.1. The molecule has 2 aromatic rings. The van der Waals surface area contributed by atoms with Gasteiger partial charge in [0.15, 0.2) is 0 Å². The number of carbonyl (C=O) groups excluding carboxylic acids is 1. The largest absolute Gasteiger partial charge is 0.396 e. The summed E-state index contributed by atoms with van der Waals surface area (Å²) in [6.07, 6.45) is 0.531. The van der Waals surface area contributed by atoms with Gasteiger partial charge in [-0.3, -0.25) is 4.79 Å². The van der Waals surface area contributed by atoms with E-state index in [1.807, 2.05) is 45.0 Å². The summed E-state index contributed by atoms with van der Waals surface area (Å²) in [6, 6.07) is 7.74. The van der Waals surface area contributed by atoms with Crippen LogP contribution in [0.4, 0.5) is 0 Å². The minimum absolute atomic E-state index is 0.00745. The maximum Gasteiger partial charge on any atom is 0.243 e. The van der Waals surface area contributed by atoms with Crippen LogP contribution < -0.4 is 5.32 Å². The molecule has 0 radical (unpaired) electrons. The molecule has 0 spiro atoms. The van der Waals surface area contributed by atoms with E-state index in [0.29, 0.717) is 12.2 Å². The Bertz CT molecular complexity index is 636. The molecule has 1 atom stereocenters. The number of amides is 1. The first-order chi connectivity index (χ1) is 11.0. The van der Waals surface area contributed by atoms with Gasteiger partial charge in [0.2, 0.25) is 11.7 Å². The first-order valence-corrected chi connectivity index (χ1v) is 7.74. The molecule has 1 heterocycles. The molecule has 7 nitrogen and oxygen atoms in total. The van der Waals surface area contributed by atoms with Crippen LogP contribution in [0.3, 0.4) is 0 Å². The average molecular weight is 317 g/mol. The molecule has 7 heteroatoms. The van der Waals surface area contributed by atoms with Crippen molar-refractivity contribution in [3.63, 3.8) is 0 Å². The molecule has 0 bridgehead atoms. The van der Waals surface area contributed by atoms with Crippen LogP contribution in [0.25, 0.3) is 11.4 Å². The lowest BCUT2D eigenvalue weighted by Crippen LogP contribution is -2.41. The lowest BCUT2D eigenvalue weighted by atomic mass is 10.0. The van der Waals surface area contributed by atoms with E-state index in [0.717, 1.165) is 11.1 Å². The van der Waals surface area contributed by atoms with Crippen LogP contribution in [-0.2, 0) is 11.3 Å². The Morgan fingerprint density at radius 3 is 2.61 bits per heavy atom. The summed E-state index contributed by atoms with van der Waals surface area (Å²) in [7, 11) is 0. The Morgan fingerprint density at radius 2 is 2.00 bits per heavy atom. The van der Waals surface area contributed by atoms with Gasteiger partial charge in [0.1, 0.15) is 6.54 Å². The van der Waals surface area contributed by atoms with Gasteiger partial charge in [-0.25, -0.2) is 0 Å². The van der Waals surface area contributed by atoms with Crippen LogP contribution in [0, 0.1) is 12.8 Å². The Kier molecular flexibility index (Phi) is 5.81. The van der Waals surface area contributed by atoms with E-state index in [4.69, 9.17) is 5.11 Å². The molecule has 124 valence electrons. The molecule has 1 amide bonds. The highest BCUT2D eigenvalue weighted by molar-refractivity contribution is 5.75. The second kappa shape index (κ2) is 7.82. The lowest BCUT2D eigenvalue weighted by Gasteiger charge is -2.21. The number of aryl methyl sites for hydroxylation is 1. The van der Waals surface area contributed by atoms with Crippen molar-refractivity contribution >= 4 is 5.91 Å². The third-order valence-corrected chi connectivity index (χ3v) is 3.64. The van der Waals surface area contributed by atoms with Crippen molar-refractivity contribution in [3.05, 3.63) is 29.8 Å². The van der Waals surface area contributed by atoms with Crippen LogP contribution in [-0.4, -0.2) is 43.9 Å². The third-order valence-electron chi connectivity index (χ3n) is 3.64. The molecule has 1 unspecified atom stereocenters. The smallest absolute Gasteiger partial charge is 0.243 e. The molecule has 0 aliphatic rings. The lowest BCUT2D eigenvalue weighted by molar-refractivity contribution is -0.123. The molecular weight excluding hydrogens is 294 g/mol. The Labute approximate surface area is 135 Å². The van der Waals surface area contributed by atoms with E-state index in [2.05, 4.69) is 20.7 Å². The van der Waals surface area contributed by atoms with E-state index < -0.39 is 0 Å². The molecule has 1 aromatic heterocycles. The summed E-state index contributed by atoms with van der Waals surface area (Å²) in [5.41, 5.74) is 2.02. The van der Waals surface area contributed by atoms with Crippen LogP contribution in [0.2, 0.25) is 0 Å². The molecule has 1 aromatic carbocycles. The van der Waals surface area contributed by atoms with Gasteiger partial charge in [0, 0.05) is 18.2 Å². The average Bonchev–Trinajstić information content (AvgIpc) is 2.95. The topological polar surface area (TPSA) is 92.9 Å². The maximum atomic E-state index is 12.1. The third kappa shape index (κ3) is 4.85. The number of aliphatic hydroxyl groups excluding tert-OH is 1. The number of carbonyl (C=O) groups is 1. The summed E-state index contributed by atoms with van der Waals surface area (Å²) < 4.78 is 0. The van der Waals surface area contributed by atoms with Gasteiger partial charge in [-0.1, -0.05) is 43.7 Å². The van der Waals surface area contributed by atoms with Gasteiger partial charge < -0.3 is 10.4 Å². The number of aliphatic hydroxyl groups is 1. The van der Waals surface area contributed by atoms with Crippen LogP contribution in [0.5, 0.6) is 0 Å². The van der Waals surface area contributed by atoms with E-state index in [-0.39, 0.29) is 31.0 Å². The fraction of sp³-hybridized carbons (Fsp3) is 0.500. The predicted octanol–water partition coefficient (Wildman–Crippen LogP) is 1.17. The summed E-state index contributed by atoms with van der Waals surface area (Å²) >= 11 is 0. The molecular formula is C16H23N5O2. The van der Waals surface area contributed by atoms with Crippen LogP contribution in [0.1, 0.15) is 25.8 Å². The fourth-order valence-electron chi connectivity index (χ4n) is 2.22. The molecule has 0 aliphatic carbocycles. The van der Waals surface area contributed by atoms with Crippen LogP contribution in [0.15, 0.2) is 24.3 Å². The van der Waals surface area contributed by atoms with Gasteiger partial charge in [0.05, 0.1) is 0 Å². The first kappa shape index (κ1) is 17.1.